The van der Waals surface area contributed by atoms with Crippen molar-refractivity contribution >= 4 is 0 Å². The first-order valence-corrected chi connectivity index (χ1v) is 2.72. The lowest BCUT2D eigenvalue weighted by Gasteiger charge is -2.10. The molecule has 1 nitrogen and oxygen atoms in total. The standard InChI is InChI=1S/C5H9F2N/c6-3-5(7)1-2-8-4-5/h8H,1-4H2/t5-/m1/s1. The molecule has 8 heavy (non-hydrogen) atoms. The fourth-order valence-electron chi connectivity index (χ4n) is 0.827. The van der Waals surface area contributed by atoms with Gasteiger partial charge in [0.25, 0.3) is 0 Å². The highest BCUT2D eigenvalue weighted by Crippen LogP contribution is 2.19. The van der Waals surface area contributed by atoms with Crippen LogP contribution in [-0.4, -0.2) is 25.4 Å². The molecule has 0 amide bonds. The topological polar surface area (TPSA) is 12.0 Å². The summed E-state index contributed by atoms with van der Waals surface area (Å²) < 4.78 is 24.3. The minimum Gasteiger partial charge on any atom is -0.313 e. The van der Waals surface area contributed by atoms with Crippen LogP contribution in [0.5, 0.6) is 0 Å². The first-order valence-electron chi connectivity index (χ1n) is 2.72. The van der Waals surface area contributed by atoms with Gasteiger partial charge in [-0.1, -0.05) is 0 Å². The first-order chi connectivity index (χ1) is 3.77. The molecule has 1 aliphatic heterocycles. The lowest BCUT2D eigenvalue weighted by Crippen LogP contribution is -2.27. The largest absolute Gasteiger partial charge is 0.313 e. The minimum absolute atomic E-state index is 0.184. The van der Waals surface area contributed by atoms with Crippen molar-refractivity contribution in [2.24, 2.45) is 0 Å². The number of hydrogen-bond acceptors (Lipinski definition) is 1. The smallest absolute Gasteiger partial charge is 0.152 e. The van der Waals surface area contributed by atoms with Crippen LogP contribution < -0.4 is 5.32 Å². The maximum absolute atomic E-state index is 12.6. The zero-order valence-electron chi connectivity index (χ0n) is 4.58. The van der Waals surface area contributed by atoms with Crippen molar-refractivity contribution in [2.75, 3.05) is 19.8 Å². The average molecular weight is 121 g/mol. The molecule has 1 heterocycles. The Balaban J connectivity index is 2.40. The third kappa shape index (κ3) is 0.968. The van der Waals surface area contributed by atoms with Gasteiger partial charge in [0.1, 0.15) is 6.67 Å². The summed E-state index contributed by atoms with van der Waals surface area (Å²) in [6.07, 6.45) is 0.323. The Hall–Kier alpha value is -0.180. The van der Waals surface area contributed by atoms with Crippen LogP contribution >= 0.6 is 0 Å². The summed E-state index contributed by atoms with van der Waals surface area (Å²) in [5, 5.41) is 2.75. The van der Waals surface area contributed by atoms with Gasteiger partial charge in [0.2, 0.25) is 0 Å². The molecule has 0 spiro atoms. The molecule has 1 rings (SSSR count). The van der Waals surface area contributed by atoms with E-state index in [1.54, 1.807) is 0 Å². The minimum atomic E-state index is -1.54. The summed E-state index contributed by atoms with van der Waals surface area (Å²) in [7, 11) is 0. The summed E-state index contributed by atoms with van der Waals surface area (Å²) in [5.41, 5.74) is -1.54. The second kappa shape index (κ2) is 1.97. The maximum Gasteiger partial charge on any atom is 0.152 e. The third-order valence-electron chi connectivity index (χ3n) is 1.43. The molecule has 48 valence electrons. The van der Waals surface area contributed by atoms with E-state index >= 15 is 0 Å². The molecule has 1 N–H and O–H groups in total. The Morgan fingerprint density at radius 3 is 2.62 bits per heavy atom. The van der Waals surface area contributed by atoms with E-state index in [2.05, 4.69) is 5.32 Å². The van der Waals surface area contributed by atoms with Crippen LogP contribution in [0.15, 0.2) is 0 Å². The Kier molecular flexibility index (Phi) is 1.47. The van der Waals surface area contributed by atoms with Gasteiger partial charge in [-0.25, -0.2) is 8.78 Å². The van der Waals surface area contributed by atoms with Crippen molar-refractivity contribution < 1.29 is 8.78 Å². The molecule has 0 aromatic carbocycles. The molecule has 1 atom stereocenters. The summed E-state index contributed by atoms with van der Waals surface area (Å²) in [5.74, 6) is 0. The molecule has 1 aliphatic rings. The lowest BCUT2D eigenvalue weighted by atomic mass is 10.1. The van der Waals surface area contributed by atoms with Crippen LogP contribution in [0.3, 0.4) is 0 Å². The van der Waals surface area contributed by atoms with Gasteiger partial charge in [0.15, 0.2) is 5.67 Å². The van der Waals surface area contributed by atoms with E-state index in [0.717, 1.165) is 0 Å². The fraction of sp³-hybridized carbons (Fsp3) is 1.00. The predicted molar refractivity (Wildman–Crippen MR) is 27.3 cm³/mol. The van der Waals surface area contributed by atoms with E-state index in [4.69, 9.17) is 0 Å². The van der Waals surface area contributed by atoms with Crippen LogP contribution in [0, 0.1) is 0 Å². The van der Waals surface area contributed by atoms with Crippen molar-refractivity contribution in [1.29, 1.82) is 0 Å². The van der Waals surface area contributed by atoms with Crippen LogP contribution in [0.25, 0.3) is 0 Å². The summed E-state index contributed by atoms with van der Waals surface area (Å²) in [6.45, 7) is -0.0517. The molecular formula is C5H9F2N. The first kappa shape index (κ1) is 5.95. The number of rotatable bonds is 1. The number of alkyl halides is 2. The van der Waals surface area contributed by atoms with Crippen LogP contribution in [-0.2, 0) is 0 Å². The second-order valence-electron chi connectivity index (χ2n) is 2.21. The molecule has 1 saturated heterocycles. The van der Waals surface area contributed by atoms with E-state index in [9.17, 15) is 8.78 Å². The van der Waals surface area contributed by atoms with Gasteiger partial charge in [0.05, 0.1) is 0 Å². The normalized spacial score (nSPS) is 38.2. The van der Waals surface area contributed by atoms with E-state index in [-0.39, 0.29) is 6.54 Å². The molecule has 0 aliphatic carbocycles. The molecule has 0 unspecified atom stereocenters. The monoisotopic (exact) mass is 121 g/mol. The Labute approximate surface area is 47.1 Å². The van der Waals surface area contributed by atoms with Gasteiger partial charge < -0.3 is 5.32 Å². The highest BCUT2D eigenvalue weighted by Gasteiger charge is 2.33. The van der Waals surface area contributed by atoms with Crippen molar-refractivity contribution in [1.82, 2.24) is 5.32 Å². The van der Waals surface area contributed by atoms with E-state index < -0.39 is 12.3 Å². The average Bonchev–Trinajstić information content (AvgIpc) is 2.17. The predicted octanol–water partition coefficient (Wildman–Crippen LogP) is 0.657. The molecule has 0 aromatic heterocycles. The van der Waals surface area contributed by atoms with E-state index in [1.807, 2.05) is 0 Å². The van der Waals surface area contributed by atoms with Gasteiger partial charge in [-0.05, 0) is 13.0 Å². The summed E-state index contributed by atoms with van der Waals surface area (Å²) in [4.78, 5) is 0. The van der Waals surface area contributed by atoms with Crippen molar-refractivity contribution in [3.05, 3.63) is 0 Å². The molecule has 0 bridgehead atoms. The summed E-state index contributed by atoms with van der Waals surface area (Å²) >= 11 is 0. The SMILES string of the molecule is FC[C@]1(F)CCNC1. The van der Waals surface area contributed by atoms with Crippen molar-refractivity contribution in [3.8, 4) is 0 Å². The quantitative estimate of drug-likeness (QED) is 0.537. The highest BCUT2D eigenvalue weighted by molar-refractivity contribution is 4.87. The van der Waals surface area contributed by atoms with Gasteiger partial charge in [-0.2, -0.15) is 0 Å². The third-order valence-corrected chi connectivity index (χ3v) is 1.43. The molecule has 0 aromatic rings. The second-order valence-corrected chi connectivity index (χ2v) is 2.21. The highest BCUT2D eigenvalue weighted by atomic mass is 19.2. The van der Waals surface area contributed by atoms with Crippen LogP contribution in [0.2, 0.25) is 0 Å². The van der Waals surface area contributed by atoms with Crippen molar-refractivity contribution in [2.45, 2.75) is 12.1 Å². The Morgan fingerprint density at radius 1 is 1.62 bits per heavy atom. The molecule has 0 saturated carbocycles. The number of halogens is 2. The fourth-order valence-corrected chi connectivity index (χ4v) is 0.827. The molecule has 0 radical (unpaired) electrons. The molecule has 3 heteroatoms. The van der Waals surface area contributed by atoms with E-state index in [1.165, 1.54) is 0 Å². The zero-order chi connectivity index (χ0) is 6.04. The number of hydrogen-bond donors (Lipinski definition) is 1. The zero-order valence-corrected chi connectivity index (χ0v) is 4.58. The molecular weight excluding hydrogens is 112 g/mol. The van der Waals surface area contributed by atoms with Gasteiger partial charge >= 0.3 is 0 Å². The van der Waals surface area contributed by atoms with Crippen LogP contribution in [0.4, 0.5) is 8.78 Å². The Morgan fingerprint density at radius 2 is 2.38 bits per heavy atom. The molecule has 1 fully saturated rings. The van der Waals surface area contributed by atoms with Gasteiger partial charge in [-0.15, -0.1) is 0 Å². The van der Waals surface area contributed by atoms with Gasteiger partial charge in [0, 0.05) is 6.54 Å². The lowest BCUT2D eigenvalue weighted by molar-refractivity contribution is 0.143. The maximum atomic E-state index is 12.6. The van der Waals surface area contributed by atoms with Gasteiger partial charge in [-0.3, -0.25) is 0 Å². The van der Waals surface area contributed by atoms with E-state index in [0.29, 0.717) is 13.0 Å². The van der Waals surface area contributed by atoms with Crippen molar-refractivity contribution in [3.63, 3.8) is 0 Å². The summed E-state index contributed by atoms with van der Waals surface area (Å²) in [6, 6.07) is 0. The number of nitrogens with one attached hydrogen (secondary N) is 1. The Bertz CT molecular complexity index is 78.5. The van der Waals surface area contributed by atoms with Crippen LogP contribution in [0.1, 0.15) is 6.42 Å².